The van der Waals surface area contributed by atoms with Crippen molar-refractivity contribution < 1.29 is 9.26 Å². The molecule has 0 aliphatic heterocycles. The maximum atomic E-state index is 5.42. The van der Waals surface area contributed by atoms with E-state index in [2.05, 4.69) is 38.8 Å². The SMILES string of the molecule is CN=C(NCCc1cc(C)ccc1OC)NCc1noc(C(C)(C)C)n1. The molecular weight excluding hydrogens is 330 g/mol. The molecule has 0 radical (unpaired) electrons. The van der Waals surface area contributed by atoms with Crippen LogP contribution in [-0.4, -0.2) is 36.8 Å². The second-order valence-corrected chi connectivity index (χ2v) is 7.18. The molecule has 2 rings (SSSR count). The quantitative estimate of drug-likeness (QED) is 0.609. The van der Waals surface area contributed by atoms with Gasteiger partial charge in [0.15, 0.2) is 11.8 Å². The third-order valence-corrected chi connectivity index (χ3v) is 3.87. The molecule has 0 aliphatic carbocycles. The Balaban J connectivity index is 1.85. The van der Waals surface area contributed by atoms with Crippen LogP contribution in [0, 0.1) is 6.92 Å². The zero-order chi connectivity index (χ0) is 19.2. The molecule has 26 heavy (non-hydrogen) atoms. The summed E-state index contributed by atoms with van der Waals surface area (Å²) in [6.45, 7) is 9.38. The summed E-state index contributed by atoms with van der Waals surface area (Å²) < 4.78 is 10.7. The van der Waals surface area contributed by atoms with Crippen molar-refractivity contribution in [1.29, 1.82) is 0 Å². The lowest BCUT2D eigenvalue weighted by molar-refractivity contribution is 0.318. The lowest BCUT2D eigenvalue weighted by Crippen LogP contribution is -2.38. The van der Waals surface area contributed by atoms with Crippen molar-refractivity contribution in [3.63, 3.8) is 0 Å². The maximum absolute atomic E-state index is 5.42. The zero-order valence-electron chi connectivity index (χ0n) is 16.5. The third kappa shape index (κ3) is 5.47. The van der Waals surface area contributed by atoms with Crippen molar-refractivity contribution in [1.82, 2.24) is 20.8 Å². The smallest absolute Gasteiger partial charge is 0.232 e. The van der Waals surface area contributed by atoms with Crippen molar-refractivity contribution in [2.45, 2.75) is 46.1 Å². The molecule has 0 aliphatic rings. The van der Waals surface area contributed by atoms with Gasteiger partial charge in [-0.25, -0.2) is 0 Å². The molecule has 2 aromatic rings. The Morgan fingerprint density at radius 3 is 2.65 bits per heavy atom. The molecule has 0 atom stereocenters. The molecule has 0 unspecified atom stereocenters. The van der Waals surface area contributed by atoms with Crippen LogP contribution in [-0.2, 0) is 18.4 Å². The first-order valence-corrected chi connectivity index (χ1v) is 8.74. The van der Waals surface area contributed by atoms with E-state index in [0.717, 1.165) is 18.7 Å². The van der Waals surface area contributed by atoms with E-state index in [1.165, 1.54) is 11.1 Å². The fraction of sp³-hybridized carbons (Fsp3) is 0.526. The summed E-state index contributed by atoms with van der Waals surface area (Å²) in [6, 6.07) is 6.19. The summed E-state index contributed by atoms with van der Waals surface area (Å²) in [4.78, 5) is 8.64. The highest BCUT2D eigenvalue weighted by molar-refractivity contribution is 5.79. The zero-order valence-corrected chi connectivity index (χ0v) is 16.5. The number of aromatic nitrogens is 2. The lowest BCUT2D eigenvalue weighted by atomic mass is 9.97. The summed E-state index contributed by atoms with van der Waals surface area (Å²) in [5, 5.41) is 10.5. The van der Waals surface area contributed by atoms with Crippen molar-refractivity contribution in [3.05, 3.63) is 41.0 Å². The van der Waals surface area contributed by atoms with Gasteiger partial charge in [0.2, 0.25) is 5.89 Å². The van der Waals surface area contributed by atoms with Crippen LogP contribution in [0.15, 0.2) is 27.7 Å². The van der Waals surface area contributed by atoms with Gasteiger partial charge in [0.25, 0.3) is 0 Å². The predicted molar refractivity (Wildman–Crippen MR) is 103 cm³/mol. The highest BCUT2D eigenvalue weighted by atomic mass is 16.5. The highest BCUT2D eigenvalue weighted by Crippen LogP contribution is 2.20. The predicted octanol–water partition coefficient (Wildman–Crippen LogP) is 2.59. The standard InChI is InChI=1S/C19H29N5O2/c1-13-7-8-15(25-6)14(11-13)9-10-21-18(20-5)22-12-16-23-17(26-24-16)19(2,3)4/h7-8,11H,9-10,12H2,1-6H3,(H2,20,21,22). The number of rotatable bonds is 6. The first-order chi connectivity index (χ1) is 12.3. The monoisotopic (exact) mass is 359 g/mol. The minimum absolute atomic E-state index is 0.155. The van der Waals surface area contributed by atoms with Gasteiger partial charge in [-0.1, -0.05) is 43.6 Å². The lowest BCUT2D eigenvalue weighted by Gasteiger charge is -2.13. The van der Waals surface area contributed by atoms with Gasteiger partial charge in [-0.05, 0) is 25.0 Å². The summed E-state index contributed by atoms with van der Waals surface area (Å²) in [7, 11) is 3.43. The van der Waals surface area contributed by atoms with Crippen molar-refractivity contribution in [2.75, 3.05) is 20.7 Å². The van der Waals surface area contributed by atoms with E-state index in [9.17, 15) is 0 Å². The molecule has 0 fully saturated rings. The largest absolute Gasteiger partial charge is 0.496 e. The molecule has 1 aromatic heterocycles. The number of hydrogen-bond donors (Lipinski definition) is 2. The van der Waals surface area contributed by atoms with Gasteiger partial charge in [-0.3, -0.25) is 4.99 Å². The van der Waals surface area contributed by atoms with Gasteiger partial charge in [-0.15, -0.1) is 0 Å². The molecule has 0 saturated carbocycles. The minimum Gasteiger partial charge on any atom is -0.496 e. The van der Waals surface area contributed by atoms with Gasteiger partial charge in [0.1, 0.15) is 5.75 Å². The normalized spacial score (nSPS) is 12.2. The van der Waals surface area contributed by atoms with E-state index < -0.39 is 0 Å². The summed E-state index contributed by atoms with van der Waals surface area (Å²) in [5.74, 6) is 2.84. The number of methoxy groups -OCH3 is 1. The van der Waals surface area contributed by atoms with Gasteiger partial charge < -0.3 is 19.9 Å². The molecule has 0 spiro atoms. The Morgan fingerprint density at radius 2 is 2.04 bits per heavy atom. The number of ether oxygens (including phenoxy) is 1. The fourth-order valence-electron chi connectivity index (χ4n) is 2.43. The van der Waals surface area contributed by atoms with E-state index in [4.69, 9.17) is 9.26 Å². The Morgan fingerprint density at radius 1 is 1.27 bits per heavy atom. The van der Waals surface area contributed by atoms with Crippen molar-refractivity contribution in [2.24, 2.45) is 4.99 Å². The van der Waals surface area contributed by atoms with Crippen LogP contribution in [0.1, 0.15) is 43.6 Å². The van der Waals surface area contributed by atoms with Crippen LogP contribution in [0.2, 0.25) is 0 Å². The Labute approximate surface area is 155 Å². The number of benzene rings is 1. The van der Waals surface area contributed by atoms with E-state index >= 15 is 0 Å². The third-order valence-electron chi connectivity index (χ3n) is 3.87. The molecule has 2 N–H and O–H groups in total. The van der Waals surface area contributed by atoms with Gasteiger partial charge >= 0.3 is 0 Å². The molecule has 142 valence electrons. The molecule has 0 amide bonds. The van der Waals surface area contributed by atoms with Crippen LogP contribution < -0.4 is 15.4 Å². The topological polar surface area (TPSA) is 84.6 Å². The molecule has 1 heterocycles. The van der Waals surface area contributed by atoms with Crippen LogP contribution in [0.25, 0.3) is 0 Å². The summed E-state index contributed by atoms with van der Waals surface area (Å²) in [6.07, 6.45) is 0.835. The minimum atomic E-state index is -0.155. The molecule has 0 saturated heterocycles. The Bertz CT molecular complexity index is 747. The van der Waals surface area contributed by atoms with Crippen LogP contribution in [0.4, 0.5) is 0 Å². The average molecular weight is 359 g/mol. The first-order valence-electron chi connectivity index (χ1n) is 8.74. The van der Waals surface area contributed by atoms with E-state index in [1.807, 2.05) is 32.9 Å². The number of guanidine groups is 1. The van der Waals surface area contributed by atoms with E-state index in [1.54, 1.807) is 14.2 Å². The summed E-state index contributed by atoms with van der Waals surface area (Å²) >= 11 is 0. The number of aliphatic imine (C=N–C) groups is 1. The van der Waals surface area contributed by atoms with Crippen LogP contribution in [0.5, 0.6) is 5.75 Å². The maximum Gasteiger partial charge on any atom is 0.232 e. The Kier molecular flexibility index (Phi) is 6.60. The number of nitrogens with one attached hydrogen (secondary N) is 2. The Hall–Kier alpha value is -2.57. The molecular formula is C19H29N5O2. The molecule has 7 nitrogen and oxygen atoms in total. The van der Waals surface area contributed by atoms with E-state index in [0.29, 0.717) is 24.2 Å². The highest BCUT2D eigenvalue weighted by Gasteiger charge is 2.21. The van der Waals surface area contributed by atoms with Crippen molar-refractivity contribution >= 4 is 5.96 Å². The number of aryl methyl sites for hydroxylation is 1. The van der Waals surface area contributed by atoms with Crippen LogP contribution >= 0.6 is 0 Å². The fourth-order valence-corrected chi connectivity index (χ4v) is 2.43. The van der Waals surface area contributed by atoms with Crippen LogP contribution in [0.3, 0.4) is 0 Å². The van der Waals surface area contributed by atoms with Gasteiger partial charge in [-0.2, -0.15) is 4.98 Å². The van der Waals surface area contributed by atoms with Crippen molar-refractivity contribution in [3.8, 4) is 5.75 Å². The second-order valence-electron chi connectivity index (χ2n) is 7.18. The van der Waals surface area contributed by atoms with E-state index in [-0.39, 0.29) is 5.41 Å². The molecule has 1 aromatic carbocycles. The van der Waals surface area contributed by atoms with Gasteiger partial charge in [0, 0.05) is 19.0 Å². The average Bonchev–Trinajstić information content (AvgIpc) is 3.07. The van der Waals surface area contributed by atoms with Gasteiger partial charge in [0.05, 0.1) is 13.7 Å². The number of nitrogens with zero attached hydrogens (tertiary/aromatic N) is 3. The molecule has 7 heteroatoms. The summed E-state index contributed by atoms with van der Waals surface area (Å²) in [5.41, 5.74) is 2.23. The second kappa shape index (κ2) is 8.69. The first kappa shape index (κ1) is 19.8. The number of hydrogen-bond acceptors (Lipinski definition) is 5. The molecule has 0 bridgehead atoms.